The summed E-state index contributed by atoms with van der Waals surface area (Å²) in [5, 5.41) is 0. The number of carbonyl (C=O) groups excluding carboxylic acids is 1. The second-order valence-electron chi connectivity index (χ2n) is 2.69. The van der Waals surface area contributed by atoms with E-state index in [9.17, 15) is 4.79 Å². The largest absolute Gasteiger partial charge is 0.404 e. The van der Waals surface area contributed by atoms with Crippen molar-refractivity contribution in [1.29, 1.82) is 0 Å². The van der Waals surface area contributed by atoms with Gasteiger partial charge in [0.2, 0.25) is 0 Å². The number of carbonyl (C=O) groups is 1. The number of amides is 1. The molecule has 1 saturated carbocycles. The van der Waals surface area contributed by atoms with Crippen molar-refractivity contribution in [3.63, 3.8) is 0 Å². The van der Waals surface area contributed by atoms with Gasteiger partial charge in [0.05, 0.1) is 11.6 Å². The third-order valence-electron chi connectivity index (χ3n) is 1.58. The molecule has 1 rings (SSSR count). The van der Waals surface area contributed by atoms with E-state index < -0.39 is 5.91 Å². The Hall–Kier alpha value is -1.52. The molecule has 1 fully saturated rings. The molecule has 12 heavy (non-hydrogen) atoms. The van der Waals surface area contributed by atoms with Crippen molar-refractivity contribution >= 4 is 11.7 Å². The number of hydrogen-bond donors (Lipinski definition) is 3. The minimum absolute atomic E-state index is 0.0990. The Kier molecular flexibility index (Phi) is 2.32. The summed E-state index contributed by atoms with van der Waals surface area (Å²) in [6.07, 6.45) is 3.14. The Balaban J connectivity index is 2.71. The van der Waals surface area contributed by atoms with Gasteiger partial charge >= 0.3 is 0 Å². The third-order valence-corrected chi connectivity index (χ3v) is 1.58. The molecule has 0 saturated heterocycles. The quantitative estimate of drug-likeness (QED) is 0.281. The molecule has 0 atom stereocenters. The van der Waals surface area contributed by atoms with E-state index in [2.05, 4.69) is 4.99 Å². The van der Waals surface area contributed by atoms with Crippen LogP contribution in [-0.2, 0) is 4.79 Å². The van der Waals surface area contributed by atoms with Crippen LogP contribution in [0.2, 0.25) is 0 Å². The number of nitrogens with zero attached hydrogens (tertiary/aromatic N) is 1. The van der Waals surface area contributed by atoms with Crippen LogP contribution in [0.3, 0.4) is 0 Å². The summed E-state index contributed by atoms with van der Waals surface area (Å²) in [6, 6.07) is 0.263. The lowest BCUT2D eigenvalue weighted by Crippen LogP contribution is -2.27. The SMILES string of the molecule is NC=C(C(N)=O)C(N)=NC1CC1. The molecule has 0 aromatic rings. The summed E-state index contributed by atoms with van der Waals surface area (Å²) in [5.74, 6) is -0.494. The lowest BCUT2D eigenvalue weighted by Gasteiger charge is -2.00. The van der Waals surface area contributed by atoms with E-state index >= 15 is 0 Å². The Morgan fingerprint density at radius 1 is 1.42 bits per heavy atom. The van der Waals surface area contributed by atoms with Gasteiger partial charge in [-0.15, -0.1) is 0 Å². The molecule has 5 nitrogen and oxygen atoms in total. The highest BCUT2D eigenvalue weighted by Crippen LogP contribution is 2.23. The van der Waals surface area contributed by atoms with E-state index in [-0.39, 0.29) is 17.5 Å². The molecule has 0 unspecified atom stereocenters. The zero-order valence-electron chi connectivity index (χ0n) is 6.66. The number of rotatable bonds is 3. The lowest BCUT2D eigenvalue weighted by molar-refractivity contribution is -0.114. The fourth-order valence-electron chi connectivity index (χ4n) is 0.764. The first-order valence-electron chi connectivity index (χ1n) is 3.70. The standard InChI is InChI=1S/C7H12N4O/c8-3-5(7(10)12)6(9)11-4-1-2-4/h3-4H,1-2,8H2,(H2,9,11)(H2,10,12). The predicted molar refractivity (Wildman–Crippen MR) is 46.1 cm³/mol. The fourth-order valence-corrected chi connectivity index (χ4v) is 0.764. The molecule has 6 N–H and O–H groups in total. The summed E-state index contributed by atoms with van der Waals surface area (Å²) in [5.41, 5.74) is 15.7. The zero-order chi connectivity index (χ0) is 9.14. The fraction of sp³-hybridized carbons (Fsp3) is 0.429. The number of nitrogens with two attached hydrogens (primary N) is 3. The molecule has 1 amide bonds. The highest BCUT2D eigenvalue weighted by Gasteiger charge is 2.21. The van der Waals surface area contributed by atoms with Crippen LogP contribution in [0.25, 0.3) is 0 Å². The normalized spacial score (nSPS) is 19.3. The van der Waals surface area contributed by atoms with Crippen molar-refractivity contribution in [3.8, 4) is 0 Å². The molecule has 0 aromatic carbocycles. The number of hydrogen-bond acceptors (Lipinski definition) is 3. The van der Waals surface area contributed by atoms with Crippen LogP contribution in [0.4, 0.5) is 0 Å². The van der Waals surface area contributed by atoms with E-state index in [0.717, 1.165) is 19.0 Å². The topological polar surface area (TPSA) is 107 Å². The Morgan fingerprint density at radius 3 is 2.33 bits per heavy atom. The summed E-state index contributed by atoms with van der Waals surface area (Å²) in [4.78, 5) is 14.7. The highest BCUT2D eigenvalue weighted by atomic mass is 16.1. The van der Waals surface area contributed by atoms with Crippen molar-refractivity contribution in [2.45, 2.75) is 18.9 Å². The second kappa shape index (κ2) is 3.25. The maximum atomic E-state index is 10.7. The smallest absolute Gasteiger partial charge is 0.253 e. The molecule has 0 heterocycles. The molecular weight excluding hydrogens is 156 g/mol. The molecule has 66 valence electrons. The average molecular weight is 168 g/mol. The van der Waals surface area contributed by atoms with Gasteiger partial charge in [-0.2, -0.15) is 0 Å². The van der Waals surface area contributed by atoms with Gasteiger partial charge in [0.15, 0.2) is 0 Å². The molecule has 1 aliphatic rings. The van der Waals surface area contributed by atoms with E-state index in [0.29, 0.717) is 0 Å². The molecule has 0 radical (unpaired) electrons. The van der Waals surface area contributed by atoms with Crippen molar-refractivity contribution in [1.82, 2.24) is 0 Å². The van der Waals surface area contributed by atoms with Crippen LogP contribution in [0.5, 0.6) is 0 Å². The van der Waals surface area contributed by atoms with Gasteiger partial charge in [0, 0.05) is 6.20 Å². The van der Waals surface area contributed by atoms with Crippen molar-refractivity contribution in [3.05, 3.63) is 11.8 Å². The van der Waals surface area contributed by atoms with Crippen molar-refractivity contribution in [2.24, 2.45) is 22.2 Å². The molecule has 1 aliphatic carbocycles. The minimum atomic E-state index is -0.639. The average Bonchev–Trinajstić information content (AvgIpc) is 2.71. The van der Waals surface area contributed by atoms with Crippen LogP contribution in [0.1, 0.15) is 12.8 Å². The number of aliphatic imine (C=N–C) groups is 1. The first-order chi connectivity index (χ1) is 5.65. The maximum Gasteiger partial charge on any atom is 0.253 e. The van der Waals surface area contributed by atoms with Gasteiger partial charge in [-0.25, -0.2) is 0 Å². The zero-order valence-corrected chi connectivity index (χ0v) is 6.66. The minimum Gasteiger partial charge on any atom is -0.404 e. The van der Waals surface area contributed by atoms with Crippen LogP contribution in [-0.4, -0.2) is 17.8 Å². The van der Waals surface area contributed by atoms with Crippen LogP contribution in [0.15, 0.2) is 16.8 Å². The molecular formula is C7H12N4O. The van der Waals surface area contributed by atoms with E-state index in [1.807, 2.05) is 0 Å². The highest BCUT2D eigenvalue weighted by molar-refractivity contribution is 6.19. The first kappa shape index (κ1) is 8.58. The molecule has 0 aromatic heterocycles. The van der Waals surface area contributed by atoms with Crippen LogP contribution in [0, 0.1) is 0 Å². The van der Waals surface area contributed by atoms with Crippen molar-refractivity contribution < 1.29 is 4.79 Å². The molecule has 0 bridgehead atoms. The summed E-state index contributed by atoms with van der Waals surface area (Å²) in [6.45, 7) is 0. The van der Waals surface area contributed by atoms with Crippen LogP contribution >= 0.6 is 0 Å². The Labute approximate surface area is 70.3 Å². The van der Waals surface area contributed by atoms with Gasteiger partial charge < -0.3 is 17.2 Å². The van der Waals surface area contributed by atoms with E-state index in [1.165, 1.54) is 0 Å². The molecule has 0 spiro atoms. The number of primary amides is 1. The van der Waals surface area contributed by atoms with Gasteiger partial charge in [0.1, 0.15) is 5.84 Å². The third kappa shape index (κ3) is 1.98. The second-order valence-corrected chi connectivity index (χ2v) is 2.69. The molecule has 0 aliphatic heterocycles. The monoisotopic (exact) mass is 168 g/mol. The Morgan fingerprint density at radius 2 is 2.00 bits per heavy atom. The van der Waals surface area contributed by atoms with Gasteiger partial charge in [0.25, 0.3) is 5.91 Å². The van der Waals surface area contributed by atoms with E-state index in [1.54, 1.807) is 0 Å². The van der Waals surface area contributed by atoms with Gasteiger partial charge in [-0.1, -0.05) is 0 Å². The lowest BCUT2D eigenvalue weighted by atomic mass is 10.2. The first-order valence-corrected chi connectivity index (χ1v) is 3.70. The predicted octanol–water partition coefficient (Wildman–Crippen LogP) is -1.17. The van der Waals surface area contributed by atoms with Gasteiger partial charge in [-0.05, 0) is 12.8 Å². The van der Waals surface area contributed by atoms with Gasteiger partial charge in [-0.3, -0.25) is 9.79 Å². The van der Waals surface area contributed by atoms with Crippen LogP contribution < -0.4 is 17.2 Å². The maximum absolute atomic E-state index is 10.7. The molecule has 5 heteroatoms. The van der Waals surface area contributed by atoms with E-state index in [4.69, 9.17) is 17.2 Å². The summed E-state index contributed by atoms with van der Waals surface area (Å²) < 4.78 is 0. The summed E-state index contributed by atoms with van der Waals surface area (Å²) in [7, 11) is 0. The number of amidine groups is 1. The Bertz CT molecular complexity index is 252. The summed E-state index contributed by atoms with van der Waals surface area (Å²) >= 11 is 0. The van der Waals surface area contributed by atoms with Crippen molar-refractivity contribution in [2.75, 3.05) is 0 Å².